The second-order valence-electron chi connectivity index (χ2n) is 5.65. The number of rotatable bonds is 3. The lowest BCUT2D eigenvalue weighted by Crippen LogP contribution is -2.36. The van der Waals surface area contributed by atoms with Crippen LogP contribution in [0.5, 0.6) is 0 Å². The van der Waals surface area contributed by atoms with Gasteiger partial charge in [-0.15, -0.1) is 0 Å². The second kappa shape index (κ2) is 6.28. The monoisotopic (exact) mass is 377 g/mol. The van der Waals surface area contributed by atoms with Gasteiger partial charge < -0.3 is 9.64 Å². The van der Waals surface area contributed by atoms with Crippen molar-refractivity contribution >= 4 is 37.3 Å². The van der Waals surface area contributed by atoms with Gasteiger partial charge in [-0.05, 0) is 6.07 Å². The summed E-state index contributed by atoms with van der Waals surface area (Å²) in [5.74, 6) is 0.781. The van der Waals surface area contributed by atoms with E-state index < -0.39 is 9.84 Å². The quantitative estimate of drug-likeness (QED) is 0.675. The van der Waals surface area contributed by atoms with Gasteiger partial charge in [-0.2, -0.15) is 0 Å². The molecule has 0 unspecified atom stereocenters. The lowest BCUT2D eigenvalue weighted by Gasteiger charge is -2.27. The number of hydrogen-bond acceptors (Lipinski definition) is 9. The first-order valence-corrected chi connectivity index (χ1v) is 10.3. The molecule has 4 rings (SSSR count). The molecule has 1 fully saturated rings. The highest BCUT2D eigenvalue weighted by Gasteiger charge is 2.19. The maximum absolute atomic E-state index is 11.8. The Kier molecular flexibility index (Phi) is 4.10. The molecule has 8 nitrogen and oxygen atoms in total. The molecular formula is C15H15N5O3S2. The van der Waals surface area contributed by atoms with E-state index in [-0.39, 0.29) is 4.90 Å². The number of sulfone groups is 1. The summed E-state index contributed by atoms with van der Waals surface area (Å²) in [5, 5.41) is 0.669. The molecule has 0 saturated carbocycles. The zero-order chi connectivity index (χ0) is 17.4. The summed E-state index contributed by atoms with van der Waals surface area (Å²) in [4.78, 5) is 20.4. The van der Waals surface area contributed by atoms with Gasteiger partial charge >= 0.3 is 0 Å². The Hall–Kier alpha value is -2.17. The third-order valence-electron chi connectivity index (χ3n) is 3.87. The number of ether oxygens (including phenoxy) is 1. The van der Waals surface area contributed by atoms with Crippen molar-refractivity contribution in [3.63, 3.8) is 0 Å². The fourth-order valence-electron chi connectivity index (χ4n) is 2.61. The van der Waals surface area contributed by atoms with Crippen molar-refractivity contribution in [2.24, 2.45) is 0 Å². The van der Waals surface area contributed by atoms with Crippen LogP contribution in [0.2, 0.25) is 0 Å². The van der Waals surface area contributed by atoms with Gasteiger partial charge in [0, 0.05) is 37.3 Å². The van der Waals surface area contributed by atoms with Gasteiger partial charge in [0.2, 0.25) is 0 Å². The number of fused-ring (bicyclic) bond motifs is 1. The maximum atomic E-state index is 11.8. The van der Waals surface area contributed by atoms with E-state index in [2.05, 4.69) is 24.8 Å². The molecule has 4 heterocycles. The van der Waals surface area contributed by atoms with Crippen LogP contribution in [0, 0.1) is 0 Å². The van der Waals surface area contributed by atoms with Crippen LogP contribution in [0.1, 0.15) is 0 Å². The molecule has 0 amide bonds. The lowest BCUT2D eigenvalue weighted by molar-refractivity contribution is 0.122. The van der Waals surface area contributed by atoms with Crippen LogP contribution in [-0.2, 0) is 14.6 Å². The zero-order valence-corrected chi connectivity index (χ0v) is 15.0. The van der Waals surface area contributed by atoms with E-state index in [0.29, 0.717) is 29.3 Å². The number of pyridine rings is 1. The predicted molar refractivity (Wildman–Crippen MR) is 94.6 cm³/mol. The SMILES string of the molecule is CS(=O)(=O)c1cncc(-c2nc3c(N4CCOCC4)ncnc3s2)c1. The Balaban J connectivity index is 1.80. The third kappa shape index (κ3) is 3.20. The highest BCUT2D eigenvalue weighted by Crippen LogP contribution is 2.33. The molecule has 130 valence electrons. The van der Waals surface area contributed by atoms with Crippen LogP contribution < -0.4 is 4.90 Å². The molecule has 0 atom stereocenters. The van der Waals surface area contributed by atoms with E-state index >= 15 is 0 Å². The minimum Gasteiger partial charge on any atom is -0.378 e. The van der Waals surface area contributed by atoms with Crippen molar-refractivity contribution in [3.05, 3.63) is 24.8 Å². The molecule has 0 bridgehead atoms. The molecule has 0 aliphatic carbocycles. The van der Waals surface area contributed by atoms with E-state index in [4.69, 9.17) is 4.74 Å². The molecule has 1 aliphatic rings. The molecule has 0 radical (unpaired) electrons. The first-order chi connectivity index (χ1) is 12.0. The summed E-state index contributed by atoms with van der Waals surface area (Å²) < 4.78 is 28.9. The van der Waals surface area contributed by atoms with Crippen molar-refractivity contribution in [1.82, 2.24) is 19.9 Å². The van der Waals surface area contributed by atoms with Gasteiger partial charge in [-0.1, -0.05) is 11.3 Å². The fraction of sp³-hybridized carbons (Fsp3) is 0.333. The lowest BCUT2D eigenvalue weighted by atomic mass is 10.3. The van der Waals surface area contributed by atoms with Crippen LogP contribution in [0.4, 0.5) is 5.82 Å². The van der Waals surface area contributed by atoms with Gasteiger partial charge in [0.05, 0.1) is 18.1 Å². The average molecular weight is 377 g/mol. The zero-order valence-electron chi connectivity index (χ0n) is 13.4. The van der Waals surface area contributed by atoms with Crippen LogP contribution >= 0.6 is 11.3 Å². The van der Waals surface area contributed by atoms with E-state index in [1.54, 1.807) is 12.3 Å². The van der Waals surface area contributed by atoms with Crippen molar-refractivity contribution in [1.29, 1.82) is 0 Å². The molecule has 0 spiro atoms. The van der Waals surface area contributed by atoms with Crippen molar-refractivity contribution in [2.75, 3.05) is 37.5 Å². The number of anilines is 1. The molecule has 1 saturated heterocycles. The largest absolute Gasteiger partial charge is 0.378 e. The maximum Gasteiger partial charge on any atom is 0.177 e. The number of hydrogen-bond donors (Lipinski definition) is 0. The predicted octanol–water partition coefficient (Wildman–Crippen LogP) is 1.39. The summed E-state index contributed by atoms with van der Waals surface area (Å²) in [7, 11) is -3.32. The van der Waals surface area contributed by atoms with E-state index in [9.17, 15) is 8.42 Å². The summed E-state index contributed by atoms with van der Waals surface area (Å²) >= 11 is 1.39. The number of morpholine rings is 1. The van der Waals surface area contributed by atoms with Gasteiger partial charge in [-0.25, -0.2) is 23.4 Å². The highest BCUT2D eigenvalue weighted by atomic mass is 32.2. The van der Waals surface area contributed by atoms with Gasteiger partial charge in [0.15, 0.2) is 15.7 Å². The molecule has 1 aliphatic heterocycles. The first kappa shape index (κ1) is 16.3. The Morgan fingerprint density at radius 3 is 2.76 bits per heavy atom. The minimum absolute atomic E-state index is 0.170. The summed E-state index contributed by atoms with van der Waals surface area (Å²) in [5.41, 5.74) is 1.37. The topological polar surface area (TPSA) is 98.2 Å². The standard InChI is InChI=1S/C15H15N5O3S2/c1-25(21,22)11-6-10(7-16-8-11)14-19-12-13(17-9-18-15(12)24-14)20-2-4-23-5-3-20/h6-9H,2-5H2,1H3. The second-order valence-corrected chi connectivity index (χ2v) is 8.64. The third-order valence-corrected chi connectivity index (χ3v) is 5.97. The minimum atomic E-state index is -3.32. The van der Waals surface area contributed by atoms with Crippen molar-refractivity contribution in [2.45, 2.75) is 4.90 Å². The molecular weight excluding hydrogens is 362 g/mol. The molecule has 25 heavy (non-hydrogen) atoms. The van der Waals surface area contributed by atoms with E-state index in [1.165, 1.54) is 23.9 Å². The molecule has 0 N–H and O–H groups in total. The average Bonchev–Trinajstić information content (AvgIpc) is 3.06. The van der Waals surface area contributed by atoms with Crippen LogP contribution in [0.15, 0.2) is 29.7 Å². The smallest absolute Gasteiger partial charge is 0.177 e. The first-order valence-electron chi connectivity index (χ1n) is 7.62. The van der Waals surface area contributed by atoms with Crippen LogP contribution in [0.25, 0.3) is 20.9 Å². The Morgan fingerprint density at radius 2 is 2.00 bits per heavy atom. The van der Waals surface area contributed by atoms with E-state index in [0.717, 1.165) is 30.0 Å². The van der Waals surface area contributed by atoms with Gasteiger partial charge in [0.25, 0.3) is 0 Å². The molecule has 3 aromatic heterocycles. The summed E-state index contributed by atoms with van der Waals surface area (Å²) in [6.07, 6.45) is 5.63. The molecule has 10 heteroatoms. The van der Waals surface area contributed by atoms with E-state index in [1.807, 2.05) is 0 Å². The number of aromatic nitrogens is 4. The number of nitrogens with zero attached hydrogens (tertiary/aromatic N) is 5. The normalized spacial score (nSPS) is 15.6. The number of thiazole rings is 1. The summed E-state index contributed by atoms with van der Waals surface area (Å²) in [6, 6.07) is 1.59. The Morgan fingerprint density at radius 1 is 1.20 bits per heavy atom. The Bertz CT molecular complexity index is 1030. The van der Waals surface area contributed by atoms with Crippen molar-refractivity contribution < 1.29 is 13.2 Å². The van der Waals surface area contributed by atoms with Crippen molar-refractivity contribution in [3.8, 4) is 10.6 Å². The summed E-state index contributed by atoms with van der Waals surface area (Å²) in [6.45, 7) is 2.82. The van der Waals surface area contributed by atoms with Gasteiger partial charge in [0.1, 0.15) is 21.7 Å². The fourth-order valence-corrected chi connectivity index (χ4v) is 4.09. The molecule has 0 aromatic carbocycles. The highest BCUT2D eigenvalue weighted by molar-refractivity contribution is 7.90. The molecule has 3 aromatic rings. The van der Waals surface area contributed by atoms with Crippen LogP contribution in [0.3, 0.4) is 0 Å². The van der Waals surface area contributed by atoms with Gasteiger partial charge in [-0.3, -0.25) is 4.98 Å². The van der Waals surface area contributed by atoms with Crippen LogP contribution in [-0.4, -0.2) is 60.9 Å². The Labute approximate surface area is 148 Å².